The second kappa shape index (κ2) is 9.64. The summed E-state index contributed by atoms with van der Waals surface area (Å²) in [5, 5.41) is 7.25. The molecule has 0 spiro atoms. The number of unbranched alkanes of at least 4 members (excludes halogenated alkanes) is 1. The predicted molar refractivity (Wildman–Crippen MR) is 104 cm³/mol. The molecule has 6 nitrogen and oxygen atoms in total. The van der Waals surface area contributed by atoms with Gasteiger partial charge < -0.3 is 10.1 Å². The van der Waals surface area contributed by atoms with Crippen LogP contribution in [-0.2, 0) is 6.42 Å². The van der Waals surface area contributed by atoms with Crippen LogP contribution in [0, 0.1) is 5.82 Å². The summed E-state index contributed by atoms with van der Waals surface area (Å²) >= 11 is 0. The van der Waals surface area contributed by atoms with Crippen LogP contribution in [0.25, 0.3) is 5.82 Å². The fraction of sp³-hybridized carbons (Fsp3) is 0.286. The van der Waals surface area contributed by atoms with Crippen LogP contribution in [0.2, 0.25) is 0 Å². The molecule has 1 aromatic carbocycles. The van der Waals surface area contributed by atoms with Crippen LogP contribution in [0.15, 0.2) is 54.9 Å². The predicted octanol–water partition coefficient (Wildman–Crippen LogP) is 3.56. The molecule has 0 aliphatic heterocycles. The van der Waals surface area contributed by atoms with Crippen molar-refractivity contribution >= 4 is 5.91 Å². The van der Waals surface area contributed by atoms with E-state index < -0.39 is 0 Å². The number of carbonyl (C=O) groups excluding carboxylic acids is 1. The molecule has 2 aromatic heterocycles. The highest BCUT2D eigenvalue weighted by Gasteiger charge is 2.17. The number of rotatable bonds is 9. The molecule has 0 saturated heterocycles. The Kier molecular flexibility index (Phi) is 6.73. The van der Waals surface area contributed by atoms with Gasteiger partial charge in [-0.2, -0.15) is 5.10 Å². The van der Waals surface area contributed by atoms with Crippen LogP contribution in [-0.4, -0.2) is 33.8 Å². The quantitative estimate of drug-likeness (QED) is 0.575. The summed E-state index contributed by atoms with van der Waals surface area (Å²) in [6.45, 7) is 3.04. The molecule has 0 atom stereocenters. The highest BCUT2D eigenvalue weighted by molar-refractivity contribution is 5.95. The first kappa shape index (κ1) is 19.5. The van der Waals surface area contributed by atoms with E-state index in [1.807, 2.05) is 25.1 Å². The van der Waals surface area contributed by atoms with Crippen LogP contribution in [0.4, 0.5) is 4.39 Å². The van der Waals surface area contributed by atoms with Crippen molar-refractivity contribution in [2.24, 2.45) is 0 Å². The molecule has 2 heterocycles. The maximum Gasteiger partial charge on any atom is 0.254 e. The van der Waals surface area contributed by atoms with Crippen molar-refractivity contribution in [2.75, 3.05) is 13.2 Å². The number of aromatic nitrogens is 3. The second-order valence-corrected chi connectivity index (χ2v) is 6.22. The number of pyridine rings is 1. The van der Waals surface area contributed by atoms with Gasteiger partial charge in [0.15, 0.2) is 5.82 Å². The first-order valence-corrected chi connectivity index (χ1v) is 9.34. The molecule has 3 rings (SSSR count). The van der Waals surface area contributed by atoms with Gasteiger partial charge in [-0.1, -0.05) is 13.0 Å². The van der Waals surface area contributed by atoms with E-state index in [0.29, 0.717) is 36.7 Å². The minimum Gasteiger partial charge on any atom is -0.494 e. The van der Waals surface area contributed by atoms with Crippen molar-refractivity contribution in [3.05, 3.63) is 71.9 Å². The summed E-state index contributed by atoms with van der Waals surface area (Å²) in [5.74, 6) is 0.905. The number of nitrogens with one attached hydrogen (secondary N) is 1. The third-order valence-electron chi connectivity index (χ3n) is 4.25. The van der Waals surface area contributed by atoms with Crippen LogP contribution < -0.4 is 10.1 Å². The number of hydrogen-bond acceptors (Lipinski definition) is 4. The first-order chi connectivity index (χ1) is 13.7. The zero-order chi connectivity index (χ0) is 19.8. The van der Waals surface area contributed by atoms with Crippen molar-refractivity contribution in [3.63, 3.8) is 0 Å². The van der Waals surface area contributed by atoms with Gasteiger partial charge in [-0.3, -0.25) is 4.79 Å². The zero-order valence-corrected chi connectivity index (χ0v) is 15.8. The second-order valence-electron chi connectivity index (χ2n) is 6.22. The molecular weight excluding hydrogens is 359 g/mol. The van der Waals surface area contributed by atoms with Crippen molar-refractivity contribution < 1.29 is 13.9 Å². The summed E-state index contributed by atoms with van der Waals surface area (Å²) in [6, 6.07) is 11.5. The average molecular weight is 382 g/mol. The van der Waals surface area contributed by atoms with E-state index in [9.17, 15) is 9.18 Å². The molecule has 0 bridgehead atoms. The zero-order valence-electron chi connectivity index (χ0n) is 15.8. The largest absolute Gasteiger partial charge is 0.494 e. The lowest BCUT2D eigenvalue weighted by Gasteiger charge is -2.08. The number of amides is 1. The normalized spacial score (nSPS) is 10.6. The van der Waals surface area contributed by atoms with E-state index in [0.717, 1.165) is 18.5 Å². The summed E-state index contributed by atoms with van der Waals surface area (Å²) in [5.41, 5.74) is 1.39. The summed E-state index contributed by atoms with van der Waals surface area (Å²) in [7, 11) is 0. The number of carbonyl (C=O) groups is 1. The van der Waals surface area contributed by atoms with Crippen LogP contribution in [0.3, 0.4) is 0 Å². The standard InChI is InChI=1S/C21H23FN4O2/c1-2-19-18(15-25-26(19)20-7-3-4-12-23-20)21(27)24-13-5-6-14-28-17-10-8-16(22)9-11-17/h3-4,7-12,15H,2,5-6,13-14H2,1H3,(H,24,27). The van der Waals surface area contributed by atoms with Crippen LogP contribution >= 0.6 is 0 Å². The van der Waals surface area contributed by atoms with E-state index in [4.69, 9.17) is 4.74 Å². The molecule has 0 saturated carbocycles. The van der Waals surface area contributed by atoms with Crippen LogP contribution in [0.5, 0.6) is 5.75 Å². The van der Waals surface area contributed by atoms with E-state index >= 15 is 0 Å². The van der Waals surface area contributed by atoms with E-state index in [-0.39, 0.29) is 11.7 Å². The SMILES string of the molecule is CCc1c(C(=O)NCCCCOc2ccc(F)cc2)cnn1-c1ccccn1. The van der Waals surface area contributed by atoms with E-state index in [2.05, 4.69) is 15.4 Å². The number of nitrogens with zero attached hydrogens (tertiary/aromatic N) is 3. The fourth-order valence-corrected chi connectivity index (χ4v) is 2.83. The first-order valence-electron chi connectivity index (χ1n) is 9.34. The Bertz CT molecular complexity index is 895. The van der Waals surface area contributed by atoms with Gasteiger partial charge in [0.25, 0.3) is 5.91 Å². The molecule has 28 heavy (non-hydrogen) atoms. The Hall–Kier alpha value is -3.22. The van der Waals surface area contributed by atoms with E-state index in [1.54, 1.807) is 29.2 Å². The molecular formula is C21H23FN4O2. The van der Waals surface area contributed by atoms with Crippen molar-refractivity contribution in [1.82, 2.24) is 20.1 Å². The highest BCUT2D eigenvalue weighted by atomic mass is 19.1. The number of benzene rings is 1. The molecule has 0 aliphatic rings. The number of hydrogen-bond donors (Lipinski definition) is 1. The van der Waals surface area contributed by atoms with Gasteiger partial charge in [0, 0.05) is 12.7 Å². The summed E-state index contributed by atoms with van der Waals surface area (Å²) in [6.07, 6.45) is 5.52. The average Bonchev–Trinajstić information content (AvgIpc) is 3.16. The smallest absolute Gasteiger partial charge is 0.254 e. The minimum atomic E-state index is -0.284. The lowest BCUT2D eigenvalue weighted by molar-refractivity contribution is 0.0951. The van der Waals surface area contributed by atoms with Gasteiger partial charge in [-0.05, 0) is 55.7 Å². The van der Waals surface area contributed by atoms with Gasteiger partial charge in [0.2, 0.25) is 0 Å². The van der Waals surface area contributed by atoms with Crippen molar-refractivity contribution in [1.29, 1.82) is 0 Å². The van der Waals surface area contributed by atoms with Gasteiger partial charge in [-0.25, -0.2) is 14.1 Å². The molecule has 0 unspecified atom stereocenters. The Morgan fingerprint density at radius 3 is 2.71 bits per heavy atom. The van der Waals surface area contributed by atoms with Crippen molar-refractivity contribution in [3.8, 4) is 11.6 Å². The molecule has 7 heteroatoms. The Morgan fingerprint density at radius 1 is 1.18 bits per heavy atom. The molecule has 146 valence electrons. The number of ether oxygens (including phenoxy) is 1. The maximum absolute atomic E-state index is 12.8. The van der Waals surface area contributed by atoms with E-state index in [1.165, 1.54) is 12.1 Å². The Labute approximate surface area is 163 Å². The molecule has 1 N–H and O–H groups in total. The van der Waals surface area contributed by atoms with Crippen molar-refractivity contribution in [2.45, 2.75) is 26.2 Å². The van der Waals surface area contributed by atoms with Gasteiger partial charge in [-0.15, -0.1) is 0 Å². The minimum absolute atomic E-state index is 0.140. The topological polar surface area (TPSA) is 69.0 Å². The third kappa shape index (κ3) is 4.94. The molecule has 0 fully saturated rings. The Morgan fingerprint density at radius 2 is 2.00 bits per heavy atom. The van der Waals surface area contributed by atoms with Gasteiger partial charge in [0.1, 0.15) is 11.6 Å². The van der Waals surface area contributed by atoms with Gasteiger partial charge >= 0.3 is 0 Å². The molecule has 0 radical (unpaired) electrons. The molecule has 0 aliphatic carbocycles. The monoisotopic (exact) mass is 382 g/mol. The lowest BCUT2D eigenvalue weighted by atomic mass is 10.2. The third-order valence-corrected chi connectivity index (χ3v) is 4.25. The fourth-order valence-electron chi connectivity index (χ4n) is 2.83. The number of halogens is 1. The van der Waals surface area contributed by atoms with Gasteiger partial charge in [0.05, 0.1) is 24.1 Å². The highest BCUT2D eigenvalue weighted by Crippen LogP contribution is 2.14. The molecule has 3 aromatic rings. The Balaban J connectivity index is 1.46. The summed E-state index contributed by atoms with van der Waals surface area (Å²) in [4.78, 5) is 16.8. The maximum atomic E-state index is 12.8. The lowest BCUT2D eigenvalue weighted by Crippen LogP contribution is -2.25. The molecule has 1 amide bonds. The van der Waals surface area contributed by atoms with Crippen LogP contribution in [0.1, 0.15) is 35.8 Å². The summed E-state index contributed by atoms with van der Waals surface area (Å²) < 4.78 is 20.1.